The summed E-state index contributed by atoms with van der Waals surface area (Å²) in [5.74, 6) is 0. The normalized spacial score (nSPS) is 14.8. The van der Waals surface area contributed by atoms with E-state index in [0.717, 1.165) is 31.9 Å². The van der Waals surface area contributed by atoms with Gasteiger partial charge in [0.25, 0.3) is 0 Å². The van der Waals surface area contributed by atoms with Crippen LogP contribution in [0.3, 0.4) is 0 Å². The number of hydrogen-bond acceptors (Lipinski definition) is 4. The first-order valence-electron chi connectivity index (χ1n) is 6.76. The Labute approximate surface area is 109 Å². The molecule has 4 heteroatoms. The van der Waals surface area contributed by atoms with Gasteiger partial charge in [-0.3, -0.25) is 4.98 Å². The van der Waals surface area contributed by atoms with Crippen molar-refractivity contribution in [3.63, 3.8) is 0 Å². The third-order valence-corrected chi connectivity index (χ3v) is 3.21. The van der Waals surface area contributed by atoms with Crippen LogP contribution in [0.4, 0.5) is 5.69 Å². The SMILES string of the molecule is CCNCc1cc(N(CCOC)C2CC2)ccn1. The maximum Gasteiger partial charge on any atom is 0.0637 e. The first kappa shape index (κ1) is 13.3. The van der Waals surface area contributed by atoms with E-state index in [9.17, 15) is 0 Å². The van der Waals surface area contributed by atoms with E-state index in [1.165, 1.54) is 18.5 Å². The third kappa shape index (κ3) is 3.68. The Hall–Kier alpha value is -1.13. The molecule has 4 nitrogen and oxygen atoms in total. The predicted octanol–water partition coefficient (Wildman–Crippen LogP) is 1.81. The van der Waals surface area contributed by atoms with Crippen molar-refractivity contribution in [2.75, 3.05) is 31.7 Å². The lowest BCUT2D eigenvalue weighted by Crippen LogP contribution is -2.29. The van der Waals surface area contributed by atoms with Gasteiger partial charge in [-0.1, -0.05) is 6.92 Å². The molecule has 1 saturated carbocycles. The van der Waals surface area contributed by atoms with Crippen LogP contribution in [0, 0.1) is 0 Å². The minimum atomic E-state index is 0.703. The van der Waals surface area contributed by atoms with Gasteiger partial charge in [0.1, 0.15) is 0 Å². The standard InChI is InChI=1S/C14H23N3O/c1-3-15-11-12-10-14(6-7-16-12)17(8-9-18-2)13-4-5-13/h6-7,10,13,15H,3-5,8-9,11H2,1-2H3. The van der Waals surface area contributed by atoms with Gasteiger partial charge in [0.2, 0.25) is 0 Å². The average molecular weight is 249 g/mol. The third-order valence-electron chi connectivity index (χ3n) is 3.21. The number of ether oxygens (including phenoxy) is 1. The Morgan fingerprint density at radius 2 is 2.33 bits per heavy atom. The van der Waals surface area contributed by atoms with E-state index in [1.807, 2.05) is 6.20 Å². The molecule has 18 heavy (non-hydrogen) atoms. The summed E-state index contributed by atoms with van der Waals surface area (Å²) in [5.41, 5.74) is 2.38. The van der Waals surface area contributed by atoms with Crippen molar-refractivity contribution < 1.29 is 4.74 Å². The number of anilines is 1. The molecule has 0 unspecified atom stereocenters. The minimum Gasteiger partial charge on any atom is -0.383 e. The van der Waals surface area contributed by atoms with E-state index < -0.39 is 0 Å². The molecule has 2 rings (SSSR count). The molecule has 0 atom stereocenters. The van der Waals surface area contributed by atoms with Crippen molar-refractivity contribution in [3.8, 4) is 0 Å². The monoisotopic (exact) mass is 249 g/mol. The highest BCUT2D eigenvalue weighted by Gasteiger charge is 2.29. The van der Waals surface area contributed by atoms with Crippen molar-refractivity contribution in [2.45, 2.75) is 32.4 Å². The van der Waals surface area contributed by atoms with Gasteiger partial charge in [-0.2, -0.15) is 0 Å². The van der Waals surface area contributed by atoms with Crippen molar-refractivity contribution in [1.82, 2.24) is 10.3 Å². The molecule has 0 saturated heterocycles. The summed E-state index contributed by atoms with van der Waals surface area (Å²) in [5, 5.41) is 3.31. The van der Waals surface area contributed by atoms with Crippen LogP contribution in [0.1, 0.15) is 25.5 Å². The fourth-order valence-corrected chi connectivity index (χ4v) is 2.09. The van der Waals surface area contributed by atoms with Crippen LogP contribution >= 0.6 is 0 Å². The molecule has 0 radical (unpaired) electrons. The number of nitrogens with one attached hydrogen (secondary N) is 1. The quantitative estimate of drug-likeness (QED) is 0.762. The average Bonchev–Trinajstić information content (AvgIpc) is 3.22. The van der Waals surface area contributed by atoms with Gasteiger partial charge in [0.15, 0.2) is 0 Å². The van der Waals surface area contributed by atoms with Crippen molar-refractivity contribution in [2.24, 2.45) is 0 Å². The fraction of sp³-hybridized carbons (Fsp3) is 0.643. The summed E-state index contributed by atoms with van der Waals surface area (Å²) >= 11 is 0. The molecule has 0 bridgehead atoms. The van der Waals surface area contributed by atoms with Crippen molar-refractivity contribution in [3.05, 3.63) is 24.0 Å². The molecule has 1 aliphatic rings. The summed E-state index contributed by atoms with van der Waals surface area (Å²) in [6.45, 7) is 5.67. The highest BCUT2D eigenvalue weighted by molar-refractivity contribution is 5.48. The van der Waals surface area contributed by atoms with Gasteiger partial charge < -0.3 is 15.0 Å². The number of nitrogens with zero attached hydrogens (tertiary/aromatic N) is 2. The second kappa shape index (κ2) is 6.71. The van der Waals surface area contributed by atoms with Crippen LogP contribution in [-0.4, -0.2) is 37.8 Å². The molecule has 0 aromatic carbocycles. The predicted molar refractivity (Wildman–Crippen MR) is 73.9 cm³/mol. The smallest absolute Gasteiger partial charge is 0.0637 e. The van der Waals surface area contributed by atoms with Gasteiger partial charge >= 0.3 is 0 Å². The van der Waals surface area contributed by atoms with Crippen molar-refractivity contribution in [1.29, 1.82) is 0 Å². The van der Waals surface area contributed by atoms with E-state index in [0.29, 0.717) is 6.04 Å². The number of hydrogen-bond donors (Lipinski definition) is 1. The Bertz CT molecular complexity index is 366. The maximum absolute atomic E-state index is 5.20. The van der Waals surface area contributed by atoms with E-state index in [2.05, 4.69) is 34.3 Å². The second-order valence-electron chi connectivity index (χ2n) is 4.70. The molecule has 1 aromatic heterocycles. The molecule has 0 spiro atoms. The van der Waals surface area contributed by atoms with Gasteiger partial charge in [-0.25, -0.2) is 0 Å². The topological polar surface area (TPSA) is 37.4 Å². The summed E-state index contributed by atoms with van der Waals surface area (Å²) in [4.78, 5) is 6.84. The largest absolute Gasteiger partial charge is 0.383 e. The number of aromatic nitrogens is 1. The van der Waals surface area contributed by atoms with Crippen LogP contribution in [0.5, 0.6) is 0 Å². The zero-order valence-corrected chi connectivity index (χ0v) is 11.4. The Morgan fingerprint density at radius 1 is 1.50 bits per heavy atom. The Kier molecular flexibility index (Phi) is 4.96. The van der Waals surface area contributed by atoms with Gasteiger partial charge in [-0.15, -0.1) is 0 Å². The zero-order valence-electron chi connectivity index (χ0n) is 11.4. The summed E-state index contributed by atoms with van der Waals surface area (Å²) in [6, 6.07) is 5.00. The molecular formula is C14H23N3O. The molecule has 100 valence electrons. The Balaban J connectivity index is 2.03. The summed E-state index contributed by atoms with van der Waals surface area (Å²) in [7, 11) is 1.76. The summed E-state index contributed by atoms with van der Waals surface area (Å²) < 4.78 is 5.20. The number of rotatable bonds is 8. The summed E-state index contributed by atoms with van der Waals surface area (Å²) in [6.07, 6.45) is 4.51. The van der Waals surface area contributed by atoms with Crippen LogP contribution in [0.2, 0.25) is 0 Å². The lowest BCUT2D eigenvalue weighted by molar-refractivity contribution is 0.205. The van der Waals surface area contributed by atoms with Gasteiger partial charge in [0.05, 0.1) is 12.3 Å². The van der Waals surface area contributed by atoms with E-state index in [4.69, 9.17) is 4.74 Å². The highest BCUT2D eigenvalue weighted by Crippen LogP contribution is 2.31. The molecule has 0 aliphatic heterocycles. The van der Waals surface area contributed by atoms with Crippen LogP contribution < -0.4 is 10.2 Å². The lowest BCUT2D eigenvalue weighted by atomic mass is 10.2. The number of methoxy groups -OCH3 is 1. The minimum absolute atomic E-state index is 0.703. The van der Waals surface area contributed by atoms with Crippen LogP contribution in [-0.2, 0) is 11.3 Å². The Morgan fingerprint density at radius 3 is 3.00 bits per heavy atom. The highest BCUT2D eigenvalue weighted by atomic mass is 16.5. The molecule has 1 N–H and O–H groups in total. The van der Waals surface area contributed by atoms with E-state index in [-0.39, 0.29) is 0 Å². The zero-order chi connectivity index (χ0) is 12.8. The first-order chi connectivity index (χ1) is 8.85. The molecule has 1 aromatic rings. The van der Waals surface area contributed by atoms with E-state index in [1.54, 1.807) is 7.11 Å². The van der Waals surface area contributed by atoms with Gasteiger partial charge in [0, 0.05) is 38.1 Å². The van der Waals surface area contributed by atoms with Crippen molar-refractivity contribution >= 4 is 5.69 Å². The second-order valence-corrected chi connectivity index (χ2v) is 4.70. The lowest BCUT2D eigenvalue weighted by Gasteiger charge is -2.24. The maximum atomic E-state index is 5.20. The fourth-order valence-electron chi connectivity index (χ4n) is 2.09. The van der Waals surface area contributed by atoms with Gasteiger partial charge in [-0.05, 0) is 31.5 Å². The molecular weight excluding hydrogens is 226 g/mol. The van der Waals surface area contributed by atoms with Crippen LogP contribution in [0.25, 0.3) is 0 Å². The first-order valence-corrected chi connectivity index (χ1v) is 6.76. The molecule has 0 amide bonds. The molecule has 1 fully saturated rings. The van der Waals surface area contributed by atoms with Crippen LogP contribution in [0.15, 0.2) is 18.3 Å². The molecule has 1 aliphatic carbocycles. The number of pyridine rings is 1. The van der Waals surface area contributed by atoms with E-state index >= 15 is 0 Å². The molecule has 1 heterocycles.